The third-order valence-electron chi connectivity index (χ3n) is 0.538. The number of allylic oxidation sites excluding steroid dienone is 2. The third-order valence-corrected chi connectivity index (χ3v) is 0.756. The van der Waals surface area contributed by atoms with Crippen molar-refractivity contribution in [1.29, 1.82) is 0 Å². The summed E-state index contributed by atoms with van der Waals surface area (Å²) in [5.41, 5.74) is 5.09. The van der Waals surface area contributed by atoms with Gasteiger partial charge < -0.3 is 5.73 Å². The van der Waals surface area contributed by atoms with Gasteiger partial charge in [-0.15, -0.1) is 0 Å². The van der Waals surface area contributed by atoms with Crippen molar-refractivity contribution in [3.63, 3.8) is 0 Å². The lowest BCUT2D eigenvalue weighted by Crippen LogP contribution is -2.03. The van der Waals surface area contributed by atoms with Crippen molar-refractivity contribution in [3.05, 3.63) is 11.8 Å². The highest BCUT2D eigenvalue weighted by Crippen LogP contribution is 1.88. The SMILES string of the molecule is C/C=C(\N)C(=O)Cl. The Balaban J connectivity index is 3.82. The van der Waals surface area contributed by atoms with Gasteiger partial charge in [0.25, 0.3) is 5.24 Å². The van der Waals surface area contributed by atoms with E-state index in [9.17, 15) is 4.79 Å². The summed E-state index contributed by atoms with van der Waals surface area (Å²) in [7, 11) is 0. The zero-order valence-electron chi connectivity index (χ0n) is 3.94. The number of carbonyl (C=O) groups is 1. The van der Waals surface area contributed by atoms with Crippen molar-refractivity contribution in [2.24, 2.45) is 5.73 Å². The first-order chi connectivity index (χ1) is 3.18. The first-order valence-corrected chi connectivity index (χ1v) is 2.18. The first-order valence-electron chi connectivity index (χ1n) is 1.80. The lowest BCUT2D eigenvalue weighted by Gasteiger charge is -1.83. The molecule has 3 heteroatoms. The van der Waals surface area contributed by atoms with Crippen LogP contribution in [0.5, 0.6) is 0 Å². The number of halogens is 1. The second-order valence-electron chi connectivity index (χ2n) is 1.02. The van der Waals surface area contributed by atoms with Crippen molar-refractivity contribution in [1.82, 2.24) is 0 Å². The molecule has 0 amide bonds. The Hall–Kier alpha value is -0.500. The molecule has 0 aromatic rings. The molecule has 0 rings (SSSR count). The number of hydrogen-bond donors (Lipinski definition) is 1. The van der Waals surface area contributed by atoms with E-state index in [-0.39, 0.29) is 5.70 Å². The summed E-state index contributed by atoms with van der Waals surface area (Å²) in [4.78, 5) is 9.95. The lowest BCUT2D eigenvalue weighted by atomic mass is 10.5. The molecule has 0 aromatic carbocycles. The van der Waals surface area contributed by atoms with Crippen LogP contribution in [-0.2, 0) is 4.79 Å². The summed E-state index contributed by atoms with van der Waals surface area (Å²) in [6, 6.07) is 0. The maximum Gasteiger partial charge on any atom is 0.267 e. The Morgan fingerprint density at radius 3 is 2.29 bits per heavy atom. The van der Waals surface area contributed by atoms with Gasteiger partial charge in [-0.1, -0.05) is 6.08 Å². The molecular weight excluding hydrogens is 114 g/mol. The van der Waals surface area contributed by atoms with Crippen molar-refractivity contribution in [2.45, 2.75) is 6.92 Å². The van der Waals surface area contributed by atoms with Gasteiger partial charge in [0, 0.05) is 0 Å². The smallest absolute Gasteiger partial charge is 0.267 e. The van der Waals surface area contributed by atoms with Crippen LogP contribution in [0.4, 0.5) is 0 Å². The molecule has 0 saturated heterocycles. The molecule has 0 aliphatic heterocycles. The highest BCUT2D eigenvalue weighted by molar-refractivity contribution is 6.67. The van der Waals surface area contributed by atoms with E-state index in [1.807, 2.05) is 0 Å². The normalized spacial score (nSPS) is 11.4. The van der Waals surface area contributed by atoms with Crippen LogP contribution in [0.25, 0.3) is 0 Å². The molecule has 0 saturated carbocycles. The first kappa shape index (κ1) is 6.50. The molecule has 0 aromatic heterocycles. The maximum absolute atomic E-state index is 9.95. The molecule has 0 unspecified atom stereocenters. The van der Waals surface area contributed by atoms with E-state index in [1.54, 1.807) is 6.92 Å². The molecule has 0 aliphatic rings. The zero-order valence-corrected chi connectivity index (χ0v) is 4.70. The van der Waals surface area contributed by atoms with Crippen LogP contribution < -0.4 is 5.73 Å². The lowest BCUT2D eigenvalue weighted by molar-refractivity contribution is -0.108. The quantitative estimate of drug-likeness (QED) is 0.406. The van der Waals surface area contributed by atoms with Crippen LogP contribution >= 0.6 is 11.6 Å². The van der Waals surface area contributed by atoms with Crippen LogP contribution in [0, 0.1) is 0 Å². The second kappa shape index (κ2) is 2.64. The standard InChI is InChI=1S/C4H6ClNO/c1-2-3(6)4(5)7/h2H,6H2,1H3/b3-2-. The minimum Gasteiger partial charge on any atom is -0.395 e. The van der Waals surface area contributed by atoms with Crippen LogP contribution in [0.2, 0.25) is 0 Å². The van der Waals surface area contributed by atoms with Gasteiger partial charge in [-0.05, 0) is 18.5 Å². The van der Waals surface area contributed by atoms with Gasteiger partial charge in [0.1, 0.15) is 0 Å². The van der Waals surface area contributed by atoms with Gasteiger partial charge >= 0.3 is 0 Å². The predicted octanol–water partition coefficient (Wildman–Crippen LogP) is 0.614. The molecule has 2 N–H and O–H groups in total. The maximum atomic E-state index is 9.95. The third kappa shape index (κ3) is 2.23. The van der Waals surface area contributed by atoms with Gasteiger partial charge in [-0.25, -0.2) is 0 Å². The van der Waals surface area contributed by atoms with E-state index in [0.717, 1.165) is 0 Å². The summed E-state index contributed by atoms with van der Waals surface area (Å²) in [6.45, 7) is 1.65. The van der Waals surface area contributed by atoms with E-state index in [2.05, 4.69) is 0 Å². The monoisotopic (exact) mass is 119 g/mol. The average Bonchev–Trinajstić information content (AvgIpc) is 1.65. The second-order valence-corrected chi connectivity index (χ2v) is 1.36. The number of nitrogens with two attached hydrogens (primary N) is 1. The fourth-order valence-electron chi connectivity index (χ4n) is 0.113. The van der Waals surface area contributed by atoms with Gasteiger partial charge in [0.05, 0.1) is 5.70 Å². The van der Waals surface area contributed by atoms with Crippen LogP contribution in [0.15, 0.2) is 11.8 Å². The molecule has 0 fully saturated rings. The van der Waals surface area contributed by atoms with E-state index in [4.69, 9.17) is 17.3 Å². The number of hydrogen-bond acceptors (Lipinski definition) is 2. The molecule has 0 spiro atoms. The summed E-state index contributed by atoms with van der Waals surface area (Å²) in [6.07, 6.45) is 1.45. The molecule has 2 nitrogen and oxygen atoms in total. The fraction of sp³-hybridized carbons (Fsp3) is 0.250. The Morgan fingerprint density at radius 1 is 1.86 bits per heavy atom. The Morgan fingerprint density at radius 2 is 2.29 bits per heavy atom. The topological polar surface area (TPSA) is 43.1 Å². The molecule has 0 heterocycles. The molecule has 0 radical (unpaired) electrons. The fourth-order valence-corrected chi connectivity index (χ4v) is 0.223. The van der Waals surface area contributed by atoms with Crippen molar-refractivity contribution >= 4 is 16.8 Å². The van der Waals surface area contributed by atoms with E-state index in [1.165, 1.54) is 6.08 Å². The highest BCUT2D eigenvalue weighted by atomic mass is 35.5. The van der Waals surface area contributed by atoms with Crippen LogP contribution in [-0.4, -0.2) is 5.24 Å². The Bertz CT molecular complexity index is 108. The summed E-state index contributed by atoms with van der Waals surface area (Å²) >= 11 is 4.90. The van der Waals surface area contributed by atoms with E-state index in [0.29, 0.717) is 0 Å². The zero-order chi connectivity index (χ0) is 5.86. The summed E-state index contributed by atoms with van der Waals surface area (Å²) in [5, 5.41) is -0.595. The largest absolute Gasteiger partial charge is 0.395 e. The summed E-state index contributed by atoms with van der Waals surface area (Å²) < 4.78 is 0. The van der Waals surface area contributed by atoms with Crippen molar-refractivity contribution in [2.75, 3.05) is 0 Å². The molecule has 0 aliphatic carbocycles. The van der Waals surface area contributed by atoms with E-state index >= 15 is 0 Å². The molecule has 40 valence electrons. The predicted molar refractivity (Wildman–Crippen MR) is 28.8 cm³/mol. The Kier molecular flexibility index (Phi) is 2.45. The van der Waals surface area contributed by atoms with Crippen LogP contribution in [0.1, 0.15) is 6.92 Å². The average molecular weight is 120 g/mol. The van der Waals surface area contributed by atoms with Gasteiger partial charge in [-0.2, -0.15) is 0 Å². The molecule has 0 atom stereocenters. The van der Waals surface area contributed by atoms with Gasteiger partial charge in [0.2, 0.25) is 0 Å². The minimum absolute atomic E-state index is 0.0988. The van der Waals surface area contributed by atoms with Gasteiger partial charge in [0.15, 0.2) is 0 Å². The molecular formula is C4H6ClNO. The van der Waals surface area contributed by atoms with Crippen molar-refractivity contribution < 1.29 is 4.79 Å². The minimum atomic E-state index is -0.595. The number of rotatable bonds is 1. The van der Waals surface area contributed by atoms with E-state index < -0.39 is 5.24 Å². The van der Waals surface area contributed by atoms with Crippen LogP contribution in [0.3, 0.4) is 0 Å². The van der Waals surface area contributed by atoms with Gasteiger partial charge in [-0.3, -0.25) is 4.79 Å². The molecule has 7 heavy (non-hydrogen) atoms. The van der Waals surface area contributed by atoms with Crippen molar-refractivity contribution in [3.8, 4) is 0 Å². The highest BCUT2D eigenvalue weighted by Gasteiger charge is 1.93. The Labute approximate surface area is 46.9 Å². The summed E-state index contributed by atoms with van der Waals surface area (Å²) in [5.74, 6) is 0. The number of carbonyl (C=O) groups excluding carboxylic acids is 1. The molecule has 0 bridgehead atoms.